The van der Waals surface area contributed by atoms with Crippen molar-refractivity contribution in [1.82, 2.24) is 20.0 Å². The molecule has 2 aromatic carbocycles. The first-order chi connectivity index (χ1) is 18.2. The van der Waals surface area contributed by atoms with E-state index >= 15 is 0 Å². The summed E-state index contributed by atoms with van der Waals surface area (Å²) in [4.78, 5) is 29.1. The minimum atomic E-state index is -0.681. The Morgan fingerprint density at radius 2 is 1.95 bits per heavy atom. The van der Waals surface area contributed by atoms with Crippen LogP contribution in [-0.2, 0) is 6.42 Å². The number of carbonyl (C=O) groups excluding carboxylic acids is 2. The summed E-state index contributed by atoms with van der Waals surface area (Å²) in [5.74, 6) is 0.0461. The quantitative estimate of drug-likeness (QED) is 0.272. The molecule has 3 amide bonds. The topological polar surface area (TPSA) is 135 Å². The van der Waals surface area contributed by atoms with Crippen molar-refractivity contribution in [3.05, 3.63) is 88.2 Å². The Hall–Kier alpha value is -4.36. The third-order valence-corrected chi connectivity index (χ3v) is 6.37. The molecule has 10 heteroatoms. The average molecular weight is 575 g/mol. The predicted molar refractivity (Wildman–Crippen MR) is 148 cm³/mol. The fourth-order valence-electron chi connectivity index (χ4n) is 4.00. The lowest BCUT2D eigenvalue weighted by Gasteiger charge is -2.20. The van der Waals surface area contributed by atoms with E-state index < -0.39 is 12.1 Å². The molecule has 2 heterocycles. The number of carbonyl (C=O) groups is 2. The van der Waals surface area contributed by atoms with E-state index in [2.05, 4.69) is 32.6 Å². The molecule has 2 aromatic heterocycles. The molecule has 4 rings (SSSR count). The first kappa shape index (κ1) is 26.7. The van der Waals surface area contributed by atoms with E-state index in [1.807, 2.05) is 67.0 Å². The van der Waals surface area contributed by atoms with Gasteiger partial charge >= 0.3 is 6.03 Å². The molecule has 1 atom stereocenters. The molecule has 0 aliphatic heterocycles. The van der Waals surface area contributed by atoms with Crippen LogP contribution in [0.1, 0.15) is 35.3 Å². The number of aromatic nitrogens is 2. The molecule has 0 saturated carbocycles. The van der Waals surface area contributed by atoms with E-state index in [1.165, 1.54) is 6.07 Å². The molecule has 0 aliphatic rings. The Morgan fingerprint density at radius 3 is 2.61 bits per heavy atom. The number of nitrogens with two attached hydrogens (primary N) is 1. The third-order valence-electron chi connectivity index (χ3n) is 5.75. The van der Waals surface area contributed by atoms with Crippen LogP contribution in [-0.4, -0.2) is 40.0 Å². The van der Waals surface area contributed by atoms with Gasteiger partial charge in [0, 0.05) is 30.1 Å². The maximum atomic E-state index is 13.0. The number of rotatable bonds is 9. The number of nitrogens with one attached hydrogen (secondary N) is 2. The molecule has 0 fully saturated rings. The number of nitriles is 1. The van der Waals surface area contributed by atoms with Gasteiger partial charge < -0.3 is 25.5 Å². The van der Waals surface area contributed by atoms with Crippen LogP contribution in [0.25, 0.3) is 16.9 Å². The number of primary amides is 1. The molecule has 4 aromatic rings. The highest BCUT2D eigenvalue weighted by molar-refractivity contribution is 9.10. The highest BCUT2D eigenvalue weighted by Crippen LogP contribution is 2.24. The highest BCUT2D eigenvalue weighted by atomic mass is 79.9. The smallest absolute Gasteiger partial charge is 0.312 e. The van der Waals surface area contributed by atoms with Crippen molar-refractivity contribution in [1.29, 1.82) is 5.26 Å². The number of imidazole rings is 1. The number of halogens is 1. The first-order valence-corrected chi connectivity index (χ1v) is 12.8. The predicted octanol–water partition coefficient (Wildman–Crippen LogP) is 4.43. The number of pyridine rings is 1. The summed E-state index contributed by atoms with van der Waals surface area (Å²) in [5, 5.41) is 15.0. The Morgan fingerprint density at radius 1 is 1.18 bits per heavy atom. The van der Waals surface area contributed by atoms with Gasteiger partial charge in [-0.05, 0) is 72.1 Å². The number of benzene rings is 2. The zero-order chi connectivity index (χ0) is 27.2. The van der Waals surface area contributed by atoms with Crippen LogP contribution in [0, 0.1) is 11.3 Å². The fourth-order valence-corrected chi connectivity index (χ4v) is 4.44. The van der Waals surface area contributed by atoms with Gasteiger partial charge in [0.1, 0.15) is 11.8 Å². The monoisotopic (exact) mass is 574 g/mol. The summed E-state index contributed by atoms with van der Waals surface area (Å²) in [6.45, 7) is 3.87. The Kier molecular flexibility index (Phi) is 8.28. The van der Waals surface area contributed by atoms with Gasteiger partial charge in [0.25, 0.3) is 5.91 Å². The number of nitrogens with zero attached hydrogens (tertiary/aromatic N) is 3. The first-order valence-electron chi connectivity index (χ1n) is 12.0. The van der Waals surface area contributed by atoms with Crippen molar-refractivity contribution < 1.29 is 14.3 Å². The van der Waals surface area contributed by atoms with E-state index in [0.717, 1.165) is 26.9 Å². The molecule has 0 aliphatic carbocycles. The van der Waals surface area contributed by atoms with Gasteiger partial charge in [-0.1, -0.05) is 24.3 Å². The lowest BCUT2D eigenvalue weighted by molar-refractivity contribution is 0.0936. The number of amides is 3. The number of hydrogen-bond acceptors (Lipinski definition) is 5. The minimum Gasteiger partial charge on any atom is -0.490 e. The van der Waals surface area contributed by atoms with Crippen molar-refractivity contribution >= 4 is 33.5 Å². The Balaban J connectivity index is 1.49. The molecule has 9 nitrogen and oxygen atoms in total. The largest absolute Gasteiger partial charge is 0.490 e. The summed E-state index contributed by atoms with van der Waals surface area (Å²) >= 11 is 3.52. The summed E-state index contributed by atoms with van der Waals surface area (Å²) in [6.07, 6.45) is 4.24. The third kappa shape index (κ3) is 6.49. The van der Waals surface area contributed by atoms with Crippen molar-refractivity contribution in [2.45, 2.75) is 32.4 Å². The number of hydrogen-bond donors (Lipinski definition) is 3. The summed E-state index contributed by atoms with van der Waals surface area (Å²) in [6, 6.07) is 17.4. The van der Waals surface area contributed by atoms with Gasteiger partial charge in [-0.2, -0.15) is 5.26 Å². The van der Waals surface area contributed by atoms with Crippen molar-refractivity contribution in [3.63, 3.8) is 0 Å². The van der Waals surface area contributed by atoms with Gasteiger partial charge in [0.05, 0.1) is 27.9 Å². The number of fused-ring (bicyclic) bond motifs is 1. The van der Waals surface area contributed by atoms with E-state index in [0.29, 0.717) is 17.7 Å². The summed E-state index contributed by atoms with van der Waals surface area (Å²) < 4.78 is 8.50. The Labute approximate surface area is 228 Å². The molecule has 4 N–H and O–H groups in total. The lowest BCUT2D eigenvalue weighted by Crippen LogP contribution is -2.46. The van der Waals surface area contributed by atoms with Crippen molar-refractivity contribution in [2.24, 2.45) is 5.73 Å². The zero-order valence-corrected chi connectivity index (χ0v) is 22.5. The molecule has 0 bridgehead atoms. The zero-order valence-electron chi connectivity index (χ0n) is 20.9. The average Bonchev–Trinajstić information content (AvgIpc) is 3.33. The van der Waals surface area contributed by atoms with Crippen molar-refractivity contribution in [3.8, 4) is 23.1 Å². The minimum absolute atomic E-state index is 0.105. The second-order valence-electron chi connectivity index (χ2n) is 9.02. The molecule has 38 heavy (non-hydrogen) atoms. The molecular formula is C28H27BrN6O3. The molecule has 1 unspecified atom stereocenters. The molecule has 0 saturated heterocycles. The van der Waals surface area contributed by atoms with Crippen LogP contribution in [0.5, 0.6) is 5.75 Å². The SMILES string of the molecule is CC(C)Oc1ccc(C(=O)NC(CNC(N)=O)Cc2ccc(-c3cn4cccc(Br)c4n3)cc2)cc1C#N. The standard InChI is InChI=1S/C28H27BrN6O3/c1-17(2)38-25-10-9-20(13-21(25)14-30)27(36)33-22(15-32-28(31)37)12-18-5-7-19(8-6-18)24-16-35-11-3-4-23(29)26(35)34-24/h3-11,13,16-17,22H,12,15H2,1-2H3,(H,33,36)(H3,31,32,37). The summed E-state index contributed by atoms with van der Waals surface area (Å²) in [7, 11) is 0. The van der Waals surface area contributed by atoms with E-state index in [-0.39, 0.29) is 24.1 Å². The van der Waals surface area contributed by atoms with Crippen LogP contribution in [0.3, 0.4) is 0 Å². The number of urea groups is 1. The second-order valence-corrected chi connectivity index (χ2v) is 9.87. The van der Waals surface area contributed by atoms with Gasteiger partial charge in [0.2, 0.25) is 0 Å². The van der Waals surface area contributed by atoms with Crippen molar-refractivity contribution in [2.75, 3.05) is 6.54 Å². The second kappa shape index (κ2) is 11.8. The summed E-state index contributed by atoms with van der Waals surface area (Å²) in [5.41, 5.74) is 9.43. The highest BCUT2D eigenvalue weighted by Gasteiger charge is 2.18. The van der Waals surface area contributed by atoms with Gasteiger partial charge in [0.15, 0.2) is 5.65 Å². The van der Waals surface area contributed by atoms with Crippen LogP contribution in [0.2, 0.25) is 0 Å². The van der Waals surface area contributed by atoms with Gasteiger partial charge in [-0.3, -0.25) is 4.79 Å². The number of ether oxygens (including phenoxy) is 1. The normalized spacial score (nSPS) is 11.7. The van der Waals surface area contributed by atoms with Crippen LogP contribution in [0.15, 0.2) is 71.5 Å². The van der Waals surface area contributed by atoms with E-state index in [4.69, 9.17) is 15.5 Å². The van der Waals surface area contributed by atoms with Crippen LogP contribution in [0.4, 0.5) is 4.79 Å². The molecular weight excluding hydrogens is 548 g/mol. The van der Waals surface area contributed by atoms with E-state index in [1.54, 1.807) is 12.1 Å². The fraction of sp³-hybridized carbons (Fsp3) is 0.214. The van der Waals surface area contributed by atoms with E-state index in [9.17, 15) is 14.9 Å². The van der Waals surface area contributed by atoms with Gasteiger partial charge in [-0.15, -0.1) is 0 Å². The maximum absolute atomic E-state index is 13.0. The van der Waals surface area contributed by atoms with Crippen LogP contribution >= 0.6 is 15.9 Å². The van der Waals surface area contributed by atoms with Gasteiger partial charge in [-0.25, -0.2) is 9.78 Å². The maximum Gasteiger partial charge on any atom is 0.312 e. The molecule has 0 spiro atoms. The molecule has 0 radical (unpaired) electrons. The Bertz CT molecular complexity index is 1510. The van der Waals surface area contributed by atoms with Crippen LogP contribution < -0.4 is 21.1 Å². The lowest BCUT2D eigenvalue weighted by atomic mass is 10.0. The molecule has 194 valence electrons.